The lowest BCUT2D eigenvalue weighted by atomic mass is 10.2. The Morgan fingerprint density at radius 2 is 2.25 bits per heavy atom. The van der Waals surface area contributed by atoms with Gasteiger partial charge in [-0.25, -0.2) is 4.79 Å². The van der Waals surface area contributed by atoms with E-state index in [-0.39, 0.29) is 12.5 Å². The number of nitrogens with one attached hydrogen (secondary N) is 1. The van der Waals surface area contributed by atoms with Crippen LogP contribution in [0.3, 0.4) is 0 Å². The first-order valence-electron chi connectivity index (χ1n) is 6.25. The minimum absolute atomic E-state index is 0.277. The molecule has 0 aliphatic carbocycles. The number of ether oxygens (including phenoxy) is 1. The number of hydrogen-bond acceptors (Lipinski definition) is 5. The molecule has 2 heterocycles. The van der Waals surface area contributed by atoms with Crippen molar-refractivity contribution in [2.75, 3.05) is 0 Å². The number of thiophene rings is 1. The maximum Gasteiger partial charge on any atom is 0.349 e. The number of esters is 1. The van der Waals surface area contributed by atoms with Gasteiger partial charge in [0.05, 0.1) is 12.8 Å². The van der Waals surface area contributed by atoms with Crippen molar-refractivity contribution in [1.29, 1.82) is 0 Å². The van der Waals surface area contributed by atoms with Gasteiger partial charge in [-0.3, -0.25) is 4.79 Å². The third kappa shape index (κ3) is 3.71. The molecule has 0 unspecified atom stereocenters. The Balaban J connectivity index is 1.87. The number of hydrogen-bond donors (Lipinski definition) is 1. The summed E-state index contributed by atoms with van der Waals surface area (Å²) in [7, 11) is 0. The Morgan fingerprint density at radius 3 is 2.85 bits per heavy atom. The SMILES string of the molecule is CC[C@@H](OC(=O)c1cccs1)C(=O)NCc1ccco1. The Morgan fingerprint density at radius 1 is 1.40 bits per heavy atom. The molecule has 20 heavy (non-hydrogen) atoms. The van der Waals surface area contributed by atoms with E-state index < -0.39 is 12.1 Å². The number of carbonyl (C=O) groups excluding carboxylic acids is 2. The molecule has 0 aromatic carbocycles. The zero-order chi connectivity index (χ0) is 14.4. The van der Waals surface area contributed by atoms with Crippen LogP contribution in [0.5, 0.6) is 0 Å². The van der Waals surface area contributed by atoms with Gasteiger partial charge in [0.2, 0.25) is 0 Å². The molecular formula is C14H15NO4S. The molecule has 1 N–H and O–H groups in total. The van der Waals surface area contributed by atoms with E-state index in [1.807, 2.05) is 0 Å². The highest BCUT2D eigenvalue weighted by Crippen LogP contribution is 2.12. The average molecular weight is 293 g/mol. The molecule has 0 bridgehead atoms. The molecule has 1 atom stereocenters. The number of amides is 1. The van der Waals surface area contributed by atoms with Crippen molar-refractivity contribution < 1.29 is 18.7 Å². The van der Waals surface area contributed by atoms with Crippen LogP contribution in [0.4, 0.5) is 0 Å². The third-order valence-corrected chi connectivity index (χ3v) is 3.50. The molecule has 0 radical (unpaired) electrons. The monoisotopic (exact) mass is 293 g/mol. The molecular weight excluding hydrogens is 278 g/mol. The van der Waals surface area contributed by atoms with Gasteiger partial charge in [-0.15, -0.1) is 11.3 Å². The van der Waals surface area contributed by atoms with Crippen LogP contribution >= 0.6 is 11.3 Å². The van der Waals surface area contributed by atoms with Gasteiger partial charge >= 0.3 is 5.97 Å². The average Bonchev–Trinajstić information content (AvgIpc) is 3.13. The Labute approximate surface area is 120 Å². The summed E-state index contributed by atoms with van der Waals surface area (Å²) in [4.78, 5) is 24.2. The normalized spacial score (nSPS) is 11.8. The van der Waals surface area contributed by atoms with Crippen molar-refractivity contribution in [2.24, 2.45) is 0 Å². The zero-order valence-corrected chi connectivity index (χ0v) is 11.8. The molecule has 0 fully saturated rings. The van der Waals surface area contributed by atoms with Crippen LogP contribution in [-0.4, -0.2) is 18.0 Å². The largest absolute Gasteiger partial charge is 0.467 e. The van der Waals surface area contributed by atoms with Crippen molar-refractivity contribution in [3.05, 3.63) is 46.5 Å². The fourth-order valence-corrected chi connectivity index (χ4v) is 2.21. The summed E-state index contributed by atoms with van der Waals surface area (Å²) in [6.45, 7) is 2.07. The van der Waals surface area contributed by atoms with Gasteiger partial charge in [0.25, 0.3) is 5.91 Å². The predicted octanol–water partition coefficient (Wildman–Crippen LogP) is 2.59. The predicted molar refractivity (Wildman–Crippen MR) is 74.4 cm³/mol. The Kier molecular flexibility index (Phi) is 4.95. The topological polar surface area (TPSA) is 68.5 Å². The molecule has 5 nitrogen and oxygen atoms in total. The van der Waals surface area contributed by atoms with E-state index in [4.69, 9.17) is 9.15 Å². The summed E-state index contributed by atoms with van der Waals surface area (Å²) in [6.07, 6.45) is 1.16. The minimum Gasteiger partial charge on any atom is -0.467 e. The summed E-state index contributed by atoms with van der Waals surface area (Å²) < 4.78 is 10.3. The first-order valence-corrected chi connectivity index (χ1v) is 7.13. The summed E-state index contributed by atoms with van der Waals surface area (Å²) in [5, 5.41) is 4.47. The summed E-state index contributed by atoms with van der Waals surface area (Å²) in [6, 6.07) is 6.94. The smallest absolute Gasteiger partial charge is 0.349 e. The van der Waals surface area contributed by atoms with Gasteiger partial charge < -0.3 is 14.5 Å². The second-order valence-corrected chi connectivity index (χ2v) is 5.02. The Hall–Kier alpha value is -2.08. The summed E-state index contributed by atoms with van der Waals surface area (Å²) >= 11 is 1.29. The molecule has 0 saturated heterocycles. The van der Waals surface area contributed by atoms with Crippen LogP contribution in [0.2, 0.25) is 0 Å². The maximum atomic E-state index is 11.9. The number of rotatable bonds is 6. The van der Waals surface area contributed by atoms with Gasteiger partial charge in [-0.2, -0.15) is 0 Å². The summed E-state index contributed by atoms with van der Waals surface area (Å²) in [5.74, 6) is -0.147. The molecule has 6 heteroatoms. The Bertz CT molecular complexity index is 548. The van der Waals surface area contributed by atoms with Gasteiger partial charge in [0.1, 0.15) is 10.6 Å². The van der Waals surface area contributed by atoms with Crippen LogP contribution in [0.25, 0.3) is 0 Å². The highest BCUT2D eigenvalue weighted by atomic mass is 32.1. The molecule has 2 aromatic rings. The first-order chi connectivity index (χ1) is 9.70. The highest BCUT2D eigenvalue weighted by molar-refractivity contribution is 7.11. The van der Waals surface area contributed by atoms with Gasteiger partial charge in [0, 0.05) is 0 Å². The number of carbonyl (C=O) groups is 2. The lowest BCUT2D eigenvalue weighted by Crippen LogP contribution is -2.36. The maximum absolute atomic E-state index is 11.9. The van der Waals surface area contributed by atoms with Crippen LogP contribution in [0, 0.1) is 0 Å². The fraction of sp³-hybridized carbons (Fsp3) is 0.286. The molecule has 1 amide bonds. The van der Waals surface area contributed by atoms with Crippen molar-refractivity contribution in [1.82, 2.24) is 5.32 Å². The van der Waals surface area contributed by atoms with E-state index in [1.54, 1.807) is 36.6 Å². The minimum atomic E-state index is -0.792. The van der Waals surface area contributed by atoms with Crippen molar-refractivity contribution >= 4 is 23.2 Å². The lowest BCUT2D eigenvalue weighted by molar-refractivity contribution is -0.130. The van der Waals surface area contributed by atoms with Crippen LogP contribution in [-0.2, 0) is 16.1 Å². The fourth-order valence-electron chi connectivity index (χ4n) is 1.61. The van der Waals surface area contributed by atoms with Crippen molar-refractivity contribution in [3.8, 4) is 0 Å². The quantitative estimate of drug-likeness (QED) is 0.831. The van der Waals surface area contributed by atoms with Crippen LogP contribution in [0.1, 0.15) is 28.8 Å². The molecule has 2 rings (SSSR count). The summed E-state index contributed by atoms with van der Waals surface area (Å²) in [5.41, 5.74) is 0. The lowest BCUT2D eigenvalue weighted by Gasteiger charge is -2.15. The first kappa shape index (κ1) is 14.3. The van der Waals surface area contributed by atoms with E-state index in [0.29, 0.717) is 17.1 Å². The zero-order valence-electron chi connectivity index (χ0n) is 11.0. The van der Waals surface area contributed by atoms with Crippen molar-refractivity contribution in [2.45, 2.75) is 26.0 Å². The molecule has 0 aliphatic rings. The second-order valence-electron chi connectivity index (χ2n) is 4.08. The van der Waals surface area contributed by atoms with Gasteiger partial charge in [0.15, 0.2) is 6.10 Å². The van der Waals surface area contributed by atoms with Gasteiger partial charge in [-0.1, -0.05) is 13.0 Å². The van der Waals surface area contributed by atoms with E-state index in [9.17, 15) is 9.59 Å². The van der Waals surface area contributed by atoms with E-state index in [2.05, 4.69) is 5.32 Å². The van der Waals surface area contributed by atoms with Gasteiger partial charge in [-0.05, 0) is 30.0 Å². The molecule has 2 aromatic heterocycles. The van der Waals surface area contributed by atoms with E-state index in [1.165, 1.54) is 17.6 Å². The second kappa shape index (κ2) is 6.91. The number of furan rings is 1. The standard InChI is InChI=1S/C14H15NO4S/c1-2-11(19-14(17)12-6-4-8-20-12)13(16)15-9-10-5-3-7-18-10/h3-8,11H,2,9H2,1H3,(H,15,16)/t11-/m1/s1. The van der Waals surface area contributed by atoms with E-state index in [0.717, 1.165) is 0 Å². The van der Waals surface area contributed by atoms with Crippen LogP contribution in [0.15, 0.2) is 40.3 Å². The van der Waals surface area contributed by atoms with E-state index >= 15 is 0 Å². The van der Waals surface area contributed by atoms with Crippen LogP contribution < -0.4 is 5.32 Å². The third-order valence-electron chi connectivity index (χ3n) is 2.65. The molecule has 106 valence electrons. The molecule has 0 saturated carbocycles. The van der Waals surface area contributed by atoms with Crippen molar-refractivity contribution in [3.63, 3.8) is 0 Å². The highest BCUT2D eigenvalue weighted by Gasteiger charge is 2.22. The molecule has 0 aliphatic heterocycles. The molecule has 0 spiro atoms.